The fourth-order valence-corrected chi connectivity index (χ4v) is 3.93. The molecular formula is C20H22F2N4O4. The molecule has 2 fully saturated rings. The van der Waals surface area contributed by atoms with E-state index in [1.165, 1.54) is 9.47 Å². The summed E-state index contributed by atoms with van der Waals surface area (Å²) < 4.78 is 31.9. The van der Waals surface area contributed by atoms with Crippen molar-refractivity contribution in [1.29, 1.82) is 0 Å². The molecule has 2 aromatic rings. The quantitative estimate of drug-likeness (QED) is 0.672. The van der Waals surface area contributed by atoms with Crippen molar-refractivity contribution in [2.24, 2.45) is 5.73 Å². The zero-order valence-corrected chi connectivity index (χ0v) is 16.3. The van der Waals surface area contributed by atoms with E-state index in [4.69, 9.17) is 5.73 Å². The Kier molecular flexibility index (Phi) is 4.97. The van der Waals surface area contributed by atoms with Crippen molar-refractivity contribution in [3.63, 3.8) is 0 Å². The molecule has 1 aromatic heterocycles. The van der Waals surface area contributed by atoms with Crippen LogP contribution in [-0.2, 0) is 4.79 Å². The third-order valence-corrected chi connectivity index (χ3v) is 5.62. The number of nitrogens with one attached hydrogen (secondary N) is 1. The van der Waals surface area contributed by atoms with Crippen LogP contribution in [0.3, 0.4) is 0 Å². The number of amides is 1. The normalized spacial score (nSPS) is 19.9. The first kappa shape index (κ1) is 20.3. The number of carbonyl (C=O) groups is 2. The van der Waals surface area contributed by atoms with E-state index in [1.54, 1.807) is 6.92 Å². The molecule has 1 saturated carbocycles. The summed E-state index contributed by atoms with van der Waals surface area (Å²) in [4.78, 5) is 37.3. The van der Waals surface area contributed by atoms with Crippen molar-refractivity contribution in [3.8, 4) is 0 Å². The van der Waals surface area contributed by atoms with Gasteiger partial charge in [-0.25, -0.2) is 13.6 Å². The van der Waals surface area contributed by atoms with Gasteiger partial charge in [0.15, 0.2) is 5.82 Å². The molecule has 30 heavy (non-hydrogen) atoms. The number of anilines is 1. The van der Waals surface area contributed by atoms with Crippen molar-refractivity contribution < 1.29 is 23.5 Å². The maximum Gasteiger partial charge on any atom is 0.341 e. The average molecular weight is 420 g/mol. The number of pyridine rings is 1. The molecule has 160 valence electrons. The highest BCUT2D eigenvalue weighted by atomic mass is 19.1. The van der Waals surface area contributed by atoms with Gasteiger partial charge in [0.1, 0.15) is 17.1 Å². The van der Waals surface area contributed by atoms with Crippen LogP contribution < -0.4 is 21.4 Å². The number of rotatable bonds is 5. The molecule has 2 atom stereocenters. The second-order valence-electron chi connectivity index (χ2n) is 7.96. The lowest BCUT2D eigenvalue weighted by Gasteiger charge is -2.23. The van der Waals surface area contributed by atoms with Gasteiger partial charge >= 0.3 is 5.97 Å². The largest absolute Gasteiger partial charge is 0.477 e. The Bertz CT molecular complexity index is 1110. The molecule has 0 spiro atoms. The lowest BCUT2D eigenvalue weighted by molar-refractivity contribution is -0.122. The van der Waals surface area contributed by atoms with Gasteiger partial charge in [-0.2, -0.15) is 0 Å². The SMILES string of the molecule is C[C@@H](N)C(=O)NC1CCN(c2c(F)cc3c(=O)c(C(=O)O)cn(C4CC4)c3c2F)C1. The van der Waals surface area contributed by atoms with E-state index in [1.807, 2.05) is 0 Å². The molecule has 1 saturated heterocycles. The third-order valence-electron chi connectivity index (χ3n) is 5.62. The molecule has 10 heteroatoms. The van der Waals surface area contributed by atoms with Gasteiger partial charge in [0.2, 0.25) is 11.3 Å². The van der Waals surface area contributed by atoms with E-state index >= 15 is 4.39 Å². The van der Waals surface area contributed by atoms with Crippen LogP contribution in [-0.4, -0.2) is 46.7 Å². The molecule has 1 aliphatic heterocycles. The Morgan fingerprint density at radius 1 is 1.30 bits per heavy atom. The summed E-state index contributed by atoms with van der Waals surface area (Å²) in [6, 6.07) is -0.215. The van der Waals surface area contributed by atoms with E-state index in [-0.39, 0.29) is 41.1 Å². The maximum absolute atomic E-state index is 15.6. The first-order chi connectivity index (χ1) is 14.2. The molecule has 0 bridgehead atoms. The van der Waals surface area contributed by atoms with E-state index < -0.39 is 34.6 Å². The summed E-state index contributed by atoms with van der Waals surface area (Å²) in [5.41, 5.74) is 3.75. The second kappa shape index (κ2) is 7.35. The number of benzene rings is 1. The van der Waals surface area contributed by atoms with Gasteiger partial charge in [-0.1, -0.05) is 0 Å². The number of hydrogen-bond donors (Lipinski definition) is 3. The smallest absolute Gasteiger partial charge is 0.341 e. The van der Waals surface area contributed by atoms with Crippen LogP contribution in [0.4, 0.5) is 14.5 Å². The average Bonchev–Trinajstić information content (AvgIpc) is 3.42. The summed E-state index contributed by atoms with van der Waals surface area (Å²) in [5, 5.41) is 11.8. The van der Waals surface area contributed by atoms with E-state index in [9.17, 15) is 23.9 Å². The zero-order chi connectivity index (χ0) is 21.7. The molecule has 1 aliphatic carbocycles. The fourth-order valence-electron chi connectivity index (χ4n) is 3.93. The van der Waals surface area contributed by atoms with Crippen LogP contribution in [0.1, 0.15) is 42.6 Å². The van der Waals surface area contributed by atoms with Gasteiger partial charge < -0.3 is 25.6 Å². The maximum atomic E-state index is 15.6. The number of nitrogens with zero attached hydrogens (tertiary/aromatic N) is 2. The first-order valence-electron chi connectivity index (χ1n) is 9.80. The highest BCUT2D eigenvalue weighted by molar-refractivity contribution is 5.94. The Labute approximate surface area is 170 Å². The molecule has 2 aliphatic rings. The number of halogens is 2. The highest BCUT2D eigenvalue weighted by Crippen LogP contribution is 2.40. The van der Waals surface area contributed by atoms with Crippen molar-refractivity contribution in [2.75, 3.05) is 18.0 Å². The van der Waals surface area contributed by atoms with Gasteiger partial charge in [0.05, 0.1) is 16.9 Å². The monoisotopic (exact) mass is 420 g/mol. The molecule has 1 amide bonds. The van der Waals surface area contributed by atoms with Crippen LogP contribution in [0.15, 0.2) is 17.1 Å². The number of aromatic nitrogens is 1. The summed E-state index contributed by atoms with van der Waals surface area (Å²) in [7, 11) is 0. The number of nitrogens with two attached hydrogens (primary N) is 1. The summed E-state index contributed by atoms with van der Waals surface area (Å²) in [6.07, 6.45) is 3.07. The number of carbonyl (C=O) groups excluding carboxylic acids is 1. The summed E-state index contributed by atoms with van der Waals surface area (Å²) in [5.74, 6) is -3.62. The number of hydrogen-bond acceptors (Lipinski definition) is 5. The van der Waals surface area contributed by atoms with Gasteiger partial charge in [-0.05, 0) is 32.3 Å². The predicted octanol–water partition coefficient (Wildman–Crippen LogP) is 1.35. The predicted molar refractivity (Wildman–Crippen MR) is 106 cm³/mol. The number of carboxylic acids is 1. The minimum atomic E-state index is -1.44. The summed E-state index contributed by atoms with van der Waals surface area (Å²) in [6.45, 7) is 2.05. The molecule has 4 N–H and O–H groups in total. The Morgan fingerprint density at radius 3 is 2.60 bits per heavy atom. The summed E-state index contributed by atoms with van der Waals surface area (Å²) >= 11 is 0. The number of fused-ring (bicyclic) bond motifs is 1. The van der Waals surface area contributed by atoms with E-state index in [0.29, 0.717) is 13.0 Å². The topological polar surface area (TPSA) is 118 Å². The van der Waals surface area contributed by atoms with Crippen molar-refractivity contribution in [2.45, 2.75) is 44.3 Å². The van der Waals surface area contributed by atoms with E-state index in [0.717, 1.165) is 25.1 Å². The van der Waals surface area contributed by atoms with Gasteiger partial charge in [0, 0.05) is 31.4 Å². The third kappa shape index (κ3) is 3.41. The van der Waals surface area contributed by atoms with Crippen molar-refractivity contribution in [3.05, 3.63) is 39.7 Å². The Morgan fingerprint density at radius 2 is 2.00 bits per heavy atom. The van der Waals surface area contributed by atoms with Gasteiger partial charge in [-0.3, -0.25) is 9.59 Å². The number of carboxylic acid groups (broad SMARTS) is 1. The van der Waals surface area contributed by atoms with E-state index in [2.05, 4.69) is 5.32 Å². The molecule has 1 aromatic carbocycles. The van der Waals surface area contributed by atoms with Gasteiger partial charge in [-0.15, -0.1) is 0 Å². The minimum Gasteiger partial charge on any atom is -0.477 e. The first-order valence-corrected chi connectivity index (χ1v) is 9.80. The standard InChI is InChI=1S/C20H22F2N4O4/c1-9(23)19(28)24-10-4-5-25(7-10)17-14(21)6-12-16(15(17)22)26(11-2-3-11)8-13(18(12)27)20(29)30/h6,8-11H,2-5,7,23H2,1H3,(H,24,28)(H,29,30)/t9-,10?/m1/s1. The van der Waals surface area contributed by atoms with Crippen molar-refractivity contribution >= 4 is 28.5 Å². The van der Waals surface area contributed by atoms with Crippen LogP contribution in [0, 0.1) is 11.6 Å². The molecule has 2 heterocycles. The van der Waals surface area contributed by atoms with Crippen LogP contribution in [0.25, 0.3) is 10.9 Å². The lowest BCUT2D eigenvalue weighted by Crippen LogP contribution is -2.45. The zero-order valence-electron chi connectivity index (χ0n) is 16.3. The van der Waals surface area contributed by atoms with Crippen LogP contribution in [0.5, 0.6) is 0 Å². The fraction of sp³-hybridized carbons (Fsp3) is 0.450. The Balaban J connectivity index is 1.78. The Hall–Kier alpha value is -3.01. The number of aromatic carboxylic acids is 1. The minimum absolute atomic E-state index is 0.0908. The molecule has 4 rings (SSSR count). The van der Waals surface area contributed by atoms with Crippen LogP contribution in [0.2, 0.25) is 0 Å². The van der Waals surface area contributed by atoms with Crippen LogP contribution >= 0.6 is 0 Å². The molecular weight excluding hydrogens is 398 g/mol. The second-order valence-corrected chi connectivity index (χ2v) is 7.96. The molecule has 1 unspecified atom stereocenters. The highest BCUT2D eigenvalue weighted by Gasteiger charge is 2.33. The molecule has 8 nitrogen and oxygen atoms in total. The lowest BCUT2D eigenvalue weighted by atomic mass is 10.1. The van der Waals surface area contributed by atoms with Gasteiger partial charge in [0.25, 0.3) is 0 Å². The van der Waals surface area contributed by atoms with Crippen molar-refractivity contribution in [1.82, 2.24) is 9.88 Å². The molecule has 0 radical (unpaired) electrons.